The second-order valence-electron chi connectivity index (χ2n) is 9.32. The van der Waals surface area contributed by atoms with Crippen LogP contribution >= 0.6 is 0 Å². The highest BCUT2D eigenvalue weighted by Gasteiger charge is 2.32. The topological polar surface area (TPSA) is 96.2 Å². The van der Waals surface area contributed by atoms with Crippen molar-refractivity contribution in [3.63, 3.8) is 0 Å². The number of nitrogens with one attached hydrogen (secondary N) is 2. The normalized spacial score (nSPS) is 11.7. The lowest BCUT2D eigenvalue weighted by Crippen LogP contribution is -2.47. The van der Waals surface area contributed by atoms with Gasteiger partial charge in [0.2, 0.25) is 5.91 Å². The summed E-state index contributed by atoms with van der Waals surface area (Å²) < 4.78 is 17.0. The lowest BCUT2D eigenvalue weighted by Gasteiger charge is -2.27. The van der Waals surface area contributed by atoms with Gasteiger partial charge in [0.05, 0.1) is 12.7 Å². The fourth-order valence-electron chi connectivity index (χ4n) is 4.74. The Kier molecular flexibility index (Phi) is 7.97. The Morgan fingerprint density at radius 3 is 2.02 bits per heavy atom. The smallest absolute Gasteiger partial charge is 0.405 e. The number of rotatable bonds is 9. The molecule has 0 aliphatic heterocycles. The summed E-state index contributed by atoms with van der Waals surface area (Å²) in [5, 5.41) is 19.0. The molecule has 0 radical (unpaired) electrons. The summed E-state index contributed by atoms with van der Waals surface area (Å²) in [6.07, 6.45) is 2.02. The molecule has 5 aromatic rings. The van der Waals surface area contributed by atoms with Crippen LogP contribution in [0.4, 0.5) is 14.9 Å². The largest absolute Gasteiger partial charge is 0.465 e. The molecule has 0 spiro atoms. The summed E-state index contributed by atoms with van der Waals surface area (Å²) in [6, 6.07) is 31.4. The molecule has 7 nitrogen and oxygen atoms in total. The van der Waals surface area contributed by atoms with Gasteiger partial charge in [0.25, 0.3) is 0 Å². The van der Waals surface area contributed by atoms with E-state index in [9.17, 15) is 14.7 Å². The highest BCUT2D eigenvalue weighted by atomic mass is 19.1. The quantitative estimate of drug-likeness (QED) is 0.212. The monoisotopic (exact) mass is 534 g/mol. The molecule has 0 saturated heterocycles. The number of carbonyl (C=O) groups excluding carboxylic acids is 1. The van der Waals surface area contributed by atoms with Crippen LogP contribution in [0.25, 0.3) is 11.1 Å². The average Bonchev–Trinajstić information content (AvgIpc) is 3.42. The van der Waals surface area contributed by atoms with Crippen LogP contribution in [0.15, 0.2) is 122 Å². The zero-order chi connectivity index (χ0) is 27.9. The van der Waals surface area contributed by atoms with Gasteiger partial charge in [0, 0.05) is 28.9 Å². The molecule has 3 N–H and O–H groups in total. The van der Waals surface area contributed by atoms with Gasteiger partial charge in [-0.3, -0.25) is 9.48 Å². The Labute approximate surface area is 230 Å². The summed E-state index contributed by atoms with van der Waals surface area (Å²) in [5.74, 6) is -1.76. The number of hydrogen-bond donors (Lipinski definition) is 3. The second-order valence-corrected chi connectivity index (χ2v) is 9.32. The highest BCUT2D eigenvalue weighted by molar-refractivity contribution is 5.97. The van der Waals surface area contributed by atoms with Crippen molar-refractivity contribution in [2.75, 3.05) is 5.32 Å². The number of halogens is 1. The summed E-state index contributed by atoms with van der Waals surface area (Å²) in [4.78, 5) is 25.3. The summed E-state index contributed by atoms with van der Waals surface area (Å²) >= 11 is 0. The van der Waals surface area contributed by atoms with Gasteiger partial charge in [-0.1, -0.05) is 91.0 Å². The Bertz CT molecular complexity index is 1550. The van der Waals surface area contributed by atoms with Crippen molar-refractivity contribution < 1.29 is 19.1 Å². The van der Waals surface area contributed by atoms with Crippen LogP contribution < -0.4 is 10.6 Å². The molecule has 0 aliphatic rings. The first-order chi connectivity index (χ1) is 19.5. The highest BCUT2D eigenvalue weighted by Crippen LogP contribution is 2.30. The van der Waals surface area contributed by atoms with E-state index in [1.807, 2.05) is 91.0 Å². The first-order valence-electron chi connectivity index (χ1n) is 12.7. The van der Waals surface area contributed by atoms with Gasteiger partial charge in [-0.2, -0.15) is 5.10 Å². The minimum Gasteiger partial charge on any atom is -0.465 e. The van der Waals surface area contributed by atoms with Gasteiger partial charge in [-0.25, -0.2) is 9.18 Å². The number of benzene rings is 4. The molecule has 5 rings (SSSR count). The Morgan fingerprint density at radius 1 is 0.850 bits per heavy atom. The van der Waals surface area contributed by atoms with Crippen molar-refractivity contribution in [2.24, 2.45) is 0 Å². The Balaban J connectivity index is 1.38. The first kappa shape index (κ1) is 26.4. The minimum absolute atomic E-state index is 0.208. The van der Waals surface area contributed by atoms with Crippen LogP contribution in [-0.4, -0.2) is 32.9 Å². The first-order valence-corrected chi connectivity index (χ1v) is 12.7. The third kappa shape index (κ3) is 6.24. The maximum absolute atomic E-state index is 15.2. The van der Waals surface area contributed by atoms with Crippen molar-refractivity contribution in [1.82, 2.24) is 15.1 Å². The molecule has 200 valence electrons. The number of hydrogen-bond acceptors (Lipinski definition) is 3. The van der Waals surface area contributed by atoms with Crippen molar-refractivity contribution in [3.8, 4) is 11.1 Å². The van der Waals surface area contributed by atoms with Crippen LogP contribution in [0.5, 0.6) is 0 Å². The van der Waals surface area contributed by atoms with E-state index in [-0.39, 0.29) is 5.69 Å². The van der Waals surface area contributed by atoms with E-state index in [1.165, 1.54) is 6.07 Å². The number of carbonyl (C=O) groups is 2. The molecular weight excluding hydrogens is 507 g/mol. The molecule has 0 fully saturated rings. The third-order valence-electron chi connectivity index (χ3n) is 6.58. The van der Waals surface area contributed by atoms with Crippen LogP contribution in [0, 0.1) is 5.82 Å². The van der Waals surface area contributed by atoms with Crippen LogP contribution in [0.1, 0.15) is 22.6 Å². The van der Waals surface area contributed by atoms with E-state index in [0.717, 1.165) is 16.7 Å². The lowest BCUT2D eigenvalue weighted by molar-refractivity contribution is -0.118. The van der Waals surface area contributed by atoms with Gasteiger partial charge in [-0.15, -0.1) is 0 Å². The van der Waals surface area contributed by atoms with Gasteiger partial charge < -0.3 is 15.7 Å². The van der Waals surface area contributed by atoms with Gasteiger partial charge in [-0.05, 0) is 34.9 Å². The van der Waals surface area contributed by atoms with Crippen molar-refractivity contribution >= 4 is 17.7 Å². The molecule has 2 amide bonds. The fourth-order valence-corrected chi connectivity index (χ4v) is 4.74. The predicted octanol–water partition coefficient (Wildman–Crippen LogP) is 6.14. The van der Waals surface area contributed by atoms with Gasteiger partial charge >= 0.3 is 6.09 Å². The number of aromatic nitrogens is 2. The summed E-state index contributed by atoms with van der Waals surface area (Å²) in [5.41, 5.74) is 3.74. The molecule has 40 heavy (non-hydrogen) atoms. The molecule has 0 saturated carbocycles. The molecule has 0 unspecified atom stereocenters. The Morgan fingerprint density at radius 2 is 1.45 bits per heavy atom. The van der Waals surface area contributed by atoms with E-state index < -0.39 is 29.8 Å². The third-order valence-corrected chi connectivity index (χ3v) is 6.58. The summed E-state index contributed by atoms with van der Waals surface area (Å²) in [6.45, 7) is 0.554. The molecule has 0 aliphatic carbocycles. The van der Waals surface area contributed by atoms with Crippen LogP contribution in [-0.2, 0) is 11.3 Å². The molecule has 1 aromatic heterocycles. The van der Waals surface area contributed by atoms with Crippen molar-refractivity contribution in [1.29, 1.82) is 0 Å². The standard InChI is InChI=1S/C32H27FN4O3/c33-28-18-26(16-17-27(28)25-19-34-37(21-25)20-22-10-4-1-5-11-22)35-31(38)30(36-32(39)40)29(23-12-6-2-7-13-23)24-14-8-3-9-15-24/h1-19,21,29-30,36H,20H2,(H,35,38)(H,39,40)/t30-/m0/s1. The molecule has 1 heterocycles. The summed E-state index contributed by atoms with van der Waals surface area (Å²) in [7, 11) is 0. The van der Waals surface area contributed by atoms with E-state index in [1.54, 1.807) is 29.2 Å². The lowest BCUT2D eigenvalue weighted by atomic mass is 9.84. The molecule has 4 aromatic carbocycles. The number of amides is 2. The van der Waals surface area contributed by atoms with Gasteiger partial charge in [0.1, 0.15) is 11.9 Å². The van der Waals surface area contributed by atoms with E-state index in [4.69, 9.17) is 0 Å². The maximum atomic E-state index is 15.2. The zero-order valence-electron chi connectivity index (χ0n) is 21.4. The molecule has 1 atom stereocenters. The van der Waals surface area contributed by atoms with Crippen molar-refractivity contribution in [3.05, 3.63) is 144 Å². The average molecular weight is 535 g/mol. The Hall–Kier alpha value is -5.24. The van der Waals surface area contributed by atoms with E-state index in [0.29, 0.717) is 17.7 Å². The van der Waals surface area contributed by atoms with Gasteiger partial charge in [0.15, 0.2) is 0 Å². The van der Waals surface area contributed by atoms with E-state index >= 15 is 4.39 Å². The molecular formula is C32H27FN4O3. The SMILES string of the molecule is O=C(O)N[C@H](C(=O)Nc1ccc(-c2cnn(Cc3ccccc3)c2)c(F)c1)C(c1ccccc1)c1ccccc1. The second kappa shape index (κ2) is 12.1. The number of nitrogens with zero attached hydrogens (tertiary/aromatic N) is 2. The van der Waals surface area contributed by atoms with Crippen LogP contribution in [0.2, 0.25) is 0 Å². The molecule has 8 heteroatoms. The maximum Gasteiger partial charge on any atom is 0.405 e. The molecule has 0 bridgehead atoms. The number of anilines is 1. The minimum atomic E-state index is -1.34. The van der Waals surface area contributed by atoms with E-state index in [2.05, 4.69) is 15.7 Å². The zero-order valence-corrected chi connectivity index (χ0v) is 21.4. The fraction of sp³-hybridized carbons (Fsp3) is 0.0938. The number of carboxylic acid groups (broad SMARTS) is 1. The van der Waals surface area contributed by atoms with Crippen molar-refractivity contribution in [2.45, 2.75) is 18.5 Å². The predicted molar refractivity (Wildman–Crippen MR) is 151 cm³/mol. The van der Waals surface area contributed by atoms with Crippen LogP contribution in [0.3, 0.4) is 0 Å².